The molecule has 0 bridgehead atoms. The molecule has 1 fully saturated rings. The predicted molar refractivity (Wildman–Crippen MR) is 67.3 cm³/mol. The van der Waals surface area contributed by atoms with E-state index in [1.807, 2.05) is 31.2 Å². The van der Waals surface area contributed by atoms with Crippen LogP contribution in [0.4, 0.5) is 0 Å². The maximum absolute atomic E-state index is 12.2. The predicted octanol–water partition coefficient (Wildman–Crippen LogP) is 1.62. The molecular weight excluding hydrogens is 230 g/mol. The number of aryl methyl sites for hydroxylation is 1. The average Bonchev–Trinajstić information content (AvgIpc) is 3.09. The molecule has 0 aromatic heterocycles. The zero-order valence-corrected chi connectivity index (χ0v) is 10.6. The van der Waals surface area contributed by atoms with E-state index in [0.29, 0.717) is 0 Å². The number of carboxylic acids is 1. The molecular formula is C14H17NO3. The summed E-state index contributed by atoms with van der Waals surface area (Å²) in [6.07, 6.45) is 1.57. The van der Waals surface area contributed by atoms with Crippen LogP contribution in [0.3, 0.4) is 0 Å². The standard InChI is InChI=1S/C14H17NO3/c1-9-4-3-5-11(8-9)14(6-7-14)13(18)15-10(2)12(16)17/h3-5,8,10H,6-7H2,1-2H3,(H,15,18)(H,16,17). The van der Waals surface area contributed by atoms with E-state index in [1.54, 1.807) is 0 Å². The Kier molecular flexibility index (Phi) is 3.11. The quantitative estimate of drug-likeness (QED) is 0.849. The molecule has 1 atom stereocenters. The van der Waals surface area contributed by atoms with Crippen LogP contribution in [0.15, 0.2) is 24.3 Å². The Morgan fingerprint density at radius 1 is 1.39 bits per heavy atom. The Hall–Kier alpha value is -1.84. The highest BCUT2D eigenvalue weighted by Crippen LogP contribution is 2.48. The minimum absolute atomic E-state index is 0.178. The van der Waals surface area contributed by atoms with Crippen molar-refractivity contribution in [2.24, 2.45) is 0 Å². The lowest BCUT2D eigenvalue weighted by Gasteiger charge is -2.18. The van der Waals surface area contributed by atoms with Gasteiger partial charge < -0.3 is 10.4 Å². The van der Waals surface area contributed by atoms with Crippen molar-refractivity contribution in [3.63, 3.8) is 0 Å². The molecule has 1 aromatic rings. The van der Waals surface area contributed by atoms with Crippen LogP contribution in [0, 0.1) is 6.92 Å². The molecule has 1 aliphatic carbocycles. The summed E-state index contributed by atoms with van der Waals surface area (Å²) < 4.78 is 0. The number of carbonyl (C=O) groups excluding carboxylic acids is 1. The molecule has 4 heteroatoms. The molecule has 1 amide bonds. The zero-order chi connectivity index (χ0) is 13.3. The molecule has 2 N–H and O–H groups in total. The first kappa shape index (κ1) is 12.6. The summed E-state index contributed by atoms with van der Waals surface area (Å²) in [7, 11) is 0. The fourth-order valence-electron chi connectivity index (χ4n) is 2.11. The van der Waals surface area contributed by atoms with Gasteiger partial charge in [-0.25, -0.2) is 0 Å². The van der Waals surface area contributed by atoms with E-state index in [2.05, 4.69) is 5.32 Å². The first-order valence-electron chi connectivity index (χ1n) is 6.07. The summed E-state index contributed by atoms with van der Waals surface area (Å²) in [4.78, 5) is 22.9. The summed E-state index contributed by atoms with van der Waals surface area (Å²) >= 11 is 0. The molecule has 96 valence electrons. The van der Waals surface area contributed by atoms with Crippen molar-refractivity contribution in [2.75, 3.05) is 0 Å². The van der Waals surface area contributed by atoms with E-state index in [0.717, 1.165) is 24.0 Å². The Labute approximate surface area is 106 Å². The van der Waals surface area contributed by atoms with Gasteiger partial charge >= 0.3 is 5.97 Å². The Balaban J connectivity index is 2.17. The molecule has 18 heavy (non-hydrogen) atoms. The lowest BCUT2D eigenvalue weighted by molar-refractivity contribution is -0.141. The molecule has 0 saturated heterocycles. The van der Waals surface area contributed by atoms with Crippen LogP contribution in [0.1, 0.15) is 30.9 Å². The fraction of sp³-hybridized carbons (Fsp3) is 0.429. The molecule has 0 spiro atoms. The highest BCUT2D eigenvalue weighted by atomic mass is 16.4. The summed E-state index contributed by atoms with van der Waals surface area (Å²) in [6, 6.07) is 7.00. The summed E-state index contributed by atoms with van der Waals surface area (Å²) in [5.74, 6) is -1.19. The number of aliphatic carboxylic acids is 1. The van der Waals surface area contributed by atoms with Crippen molar-refractivity contribution in [1.82, 2.24) is 5.32 Å². The zero-order valence-electron chi connectivity index (χ0n) is 10.6. The van der Waals surface area contributed by atoms with Gasteiger partial charge in [-0.2, -0.15) is 0 Å². The second-order valence-corrected chi connectivity index (χ2v) is 4.98. The molecule has 0 heterocycles. The number of benzene rings is 1. The van der Waals surface area contributed by atoms with Gasteiger partial charge in [-0.3, -0.25) is 9.59 Å². The number of rotatable bonds is 4. The number of carbonyl (C=O) groups is 2. The van der Waals surface area contributed by atoms with Gasteiger partial charge in [0.2, 0.25) is 5.91 Å². The number of nitrogens with one attached hydrogen (secondary N) is 1. The van der Waals surface area contributed by atoms with Gasteiger partial charge in [0, 0.05) is 0 Å². The Bertz CT molecular complexity index is 492. The molecule has 0 radical (unpaired) electrons. The largest absolute Gasteiger partial charge is 0.480 e. The van der Waals surface area contributed by atoms with Crippen LogP contribution >= 0.6 is 0 Å². The second-order valence-electron chi connectivity index (χ2n) is 4.98. The van der Waals surface area contributed by atoms with Crippen LogP contribution in [-0.4, -0.2) is 23.0 Å². The summed E-state index contributed by atoms with van der Waals surface area (Å²) in [6.45, 7) is 3.46. The minimum atomic E-state index is -1.01. The van der Waals surface area contributed by atoms with Gasteiger partial charge in [0.1, 0.15) is 6.04 Å². The maximum atomic E-state index is 12.2. The molecule has 1 aliphatic rings. The smallest absolute Gasteiger partial charge is 0.325 e. The van der Waals surface area contributed by atoms with Gasteiger partial charge in [-0.1, -0.05) is 29.8 Å². The molecule has 1 unspecified atom stereocenters. The first-order chi connectivity index (χ1) is 8.45. The summed E-state index contributed by atoms with van der Waals surface area (Å²) in [5, 5.41) is 11.4. The van der Waals surface area contributed by atoms with Crippen LogP contribution in [0.25, 0.3) is 0 Å². The number of hydrogen-bond acceptors (Lipinski definition) is 2. The van der Waals surface area contributed by atoms with Crippen molar-refractivity contribution < 1.29 is 14.7 Å². The molecule has 2 rings (SSSR count). The maximum Gasteiger partial charge on any atom is 0.325 e. The van der Waals surface area contributed by atoms with Crippen LogP contribution in [0.5, 0.6) is 0 Å². The van der Waals surface area contributed by atoms with E-state index in [-0.39, 0.29) is 5.91 Å². The van der Waals surface area contributed by atoms with Gasteiger partial charge in [-0.05, 0) is 32.3 Å². The Morgan fingerprint density at radius 2 is 2.06 bits per heavy atom. The average molecular weight is 247 g/mol. The second kappa shape index (κ2) is 4.44. The van der Waals surface area contributed by atoms with Gasteiger partial charge in [0.25, 0.3) is 0 Å². The van der Waals surface area contributed by atoms with E-state index in [4.69, 9.17) is 5.11 Å². The van der Waals surface area contributed by atoms with Crippen molar-refractivity contribution in [3.8, 4) is 0 Å². The van der Waals surface area contributed by atoms with Gasteiger partial charge in [-0.15, -0.1) is 0 Å². The third-order valence-corrected chi connectivity index (χ3v) is 3.47. The van der Waals surface area contributed by atoms with Crippen molar-refractivity contribution in [1.29, 1.82) is 0 Å². The number of hydrogen-bond donors (Lipinski definition) is 2. The monoisotopic (exact) mass is 247 g/mol. The highest BCUT2D eigenvalue weighted by Gasteiger charge is 2.51. The van der Waals surface area contributed by atoms with E-state index in [1.165, 1.54) is 6.92 Å². The number of amides is 1. The van der Waals surface area contributed by atoms with Gasteiger partial charge in [0.05, 0.1) is 5.41 Å². The lowest BCUT2D eigenvalue weighted by Crippen LogP contribution is -2.43. The van der Waals surface area contributed by atoms with Crippen LogP contribution < -0.4 is 5.32 Å². The summed E-state index contributed by atoms with van der Waals surface area (Å²) in [5.41, 5.74) is 1.59. The SMILES string of the molecule is Cc1cccc(C2(C(=O)NC(C)C(=O)O)CC2)c1. The third kappa shape index (κ3) is 2.23. The van der Waals surface area contributed by atoms with Gasteiger partial charge in [0.15, 0.2) is 0 Å². The highest BCUT2D eigenvalue weighted by molar-refractivity contribution is 5.93. The van der Waals surface area contributed by atoms with E-state index >= 15 is 0 Å². The van der Waals surface area contributed by atoms with Crippen LogP contribution in [0.2, 0.25) is 0 Å². The lowest BCUT2D eigenvalue weighted by atomic mass is 9.93. The Morgan fingerprint density at radius 3 is 2.56 bits per heavy atom. The topological polar surface area (TPSA) is 66.4 Å². The molecule has 1 aromatic carbocycles. The van der Waals surface area contributed by atoms with Crippen molar-refractivity contribution in [3.05, 3.63) is 35.4 Å². The van der Waals surface area contributed by atoms with E-state index < -0.39 is 17.4 Å². The van der Waals surface area contributed by atoms with Crippen molar-refractivity contribution >= 4 is 11.9 Å². The number of carboxylic acid groups (broad SMARTS) is 1. The van der Waals surface area contributed by atoms with E-state index in [9.17, 15) is 9.59 Å². The first-order valence-corrected chi connectivity index (χ1v) is 6.07. The normalized spacial score (nSPS) is 17.9. The molecule has 0 aliphatic heterocycles. The fourth-order valence-corrected chi connectivity index (χ4v) is 2.11. The van der Waals surface area contributed by atoms with Crippen LogP contribution in [-0.2, 0) is 15.0 Å². The van der Waals surface area contributed by atoms with Crippen molar-refractivity contribution in [2.45, 2.75) is 38.1 Å². The minimum Gasteiger partial charge on any atom is -0.480 e. The third-order valence-electron chi connectivity index (χ3n) is 3.47. The molecule has 4 nitrogen and oxygen atoms in total. The molecule has 1 saturated carbocycles.